The molecule has 1 aromatic heterocycles. The minimum Gasteiger partial charge on any atom is -0.481 e. The highest BCUT2D eigenvalue weighted by atomic mass is 35.5. The maximum atomic E-state index is 14.4. The third kappa shape index (κ3) is 4.74. The van der Waals surface area contributed by atoms with Crippen molar-refractivity contribution in [1.82, 2.24) is 4.98 Å². The van der Waals surface area contributed by atoms with E-state index in [4.69, 9.17) is 16.3 Å². The molecule has 0 radical (unpaired) electrons. The molecule has 0 fully saturated rings. The normalized spacial score (nSPS) is 11.8. The third-order valence-corrected chi connectivity index (χ3v) is 5.13. The first-order valence-corrected chi connectivity index (χ1v) is 9.64. The second-order valence-corrected chi connectivity index (χ2v) is 7.18. The van der Waals surface area contributed by atoms with E-state index in [1.165, 1.54) is 17.0 Å². The Balaban J connectivity index is 1.91. The summed E-state index contributed by atoms with van der Waals surface area (Å²) in [6.45, 7) is 5.54. The number of carbonyl (C=O) groups excluding carboxylic acids is 1. The molecule has 0 bridgehead atoms. The fourth-order valence-corrected chi connectivity index (χ4v) is 3.16. The standard InChI is InChI=1S/C23H22ClFN2O2/c1-15-8-6-11-21(16(15)2)29-17(3)23(28)27(22-12-4-5-13-26-22)14-18-19(24)9-7-10-20(18)25/h4-13,17H,14H2,1-3H3/t17-/m0/s1. The Labute approximate surface area is 174 Å². The van der Waals surface area contributed by atoms with Gasteiger partial charge in [0.05, 0.1) is 6.54 Å². The molecule has 0 saturated heterocycles. The summed E-state index contributed by atoms with van der Waals surface area (Å²) in [4.78, 5) is 18.9. The number of nitrogens with zero attached hydrogens (tertiary/aromatic N) is 2. The Morgan fingerprint density at radius 2 is 1.90 bits per heavy atom. The zero-order chi connectivity index (χ0) is 21.0. The molecule has 3 rings (SSSR count). The molecule has 1 amide bonds. The third-order valence-electron chi connectivity index (χ3n) is 4.78. The molecule has 0 unspecified atom stereocenters. The van der Waals surface area contributed by atoms with Crippen LogP contribution in [0.1, 0.15) is 23.6 Å². The van der Waals surface area contributed by atoms with E-state index in [0.717, 1.165) is 11.1 Å². The molecular weight excluding hydrogens is 391 g/mol. The number of aryl methyl sites for hydroxylation is 1. The van der Waals surface area contributed by atoms with Gasteiger partial charge < -0.3 is 4.74 Å². The number of aromatic nitrogens is 1. The molecule has 29 heavy (non-hydrogen) atoms. The molecule has 0 aliphatic rings. The van der Waals surface area contributed by atoms with Gasteiger partial charge in [-0.05, 0) is 62.2 Å². The second kappa shape index (κ2) is 9.05. The molecular formula is C23H22ClFN2O2. The van der Waals surface area contributed by atoms with Crippen LogP contribution in [0.4, 0.5) is 10.2 Å². The lowest BCUT2D eigenvalue weighted by Crippen LogP contribution is -2.41. The van der Waals surface area contributed by atoms with Crippen LogP contribution < -0.4 is 9.64 Å². The van der Waals surface area contributed by atoms with E-state index in [2.05, 4.69) is 4.98 Å². The predicted octanol–water partition coefficient (Wildman–Crippen LogP) is 5.49. The van der Waals surface area contributed by atoms with Gasteiger partial charge in [0.25, 0.3) is 5.91 Å². The number of hydrogen-bond donors (Lipinski definition) is 0. The number of hydrogen-bond acceptors (Lipinski definition) is 3. The van der Waals surface area contributed by atoms with Crippen LogP contribution in [-0.4, -0.2) is 17.0 Å². The predicted molar refractivity (Wildman–Crippen MR) is 113 cm³/mol. The summed E-state index contributed by atoms with van der Waals surface area (Å²) in [5.41, 5.74) is 2.27. The van der Waals surface area contributed by atoms with Crippen molar-refractivity contribution in [3.63, 3.8) is 0 Å². The fourth-order valence-electron chi connectivity index (χ4n) is 2.94. The van der Waals surface area contributed by atoms with Crippen molar-refractivity contribution >= 4 is 23.3 Å². The fraction of sp³-hybridized carbons (Fsp3) is 0.217. The number of ether oxygens (including phenoxy) is 1. The van der Waals surface area contributed by atoms with Crippen LogP contribution in [0.3, 0.4) is 0 Å². The molecule has 1 heterocycles. The average molecular weight is 413 g/mol. The molecule has 150 valence electrons. The van der Waals surface area contributed by atoms with Gasteiger partial charge in [-0.3, -0.25) is 9.69 Å². The average Bonchev–Trinajstić information content (AvgIpc) is 2.71. The lowest BCUT2D eigenvalue weighted by molar-refractivity contribution is -0.124. The smallest absolute Gasteiger partial charge is 0.269 e. The Morgan fingerprint density at radius 3 is 2.59 bits per heavy atom. The van der Waals surface area contributed by atoms with E-state index in [-0.39, 0.29) is 23.0 Å². The lowest BCUT2D eigenvalue weighted by atomic mass is 10.1. The minimum absolute atomic E-state index is 0.0537. The van der Waals surface area contributed by atoms with Gasteiger partial charge in [0.1, 0.15) is 17.4 Å². The quantitative estimate of drug-likeness (QED) is 0.537. The molecule has 0 spiro atoms. The first-order chi connectivity index (χ1) is 13.9. The molecule has 0 saturated carbocycles. The zero-order valence-electron chi connectivity index (χ0n) is 16.5. The highest BCUT2D eigenvalue weighted by Crippen LogP contribution is 2.26. The van der Waals surface area contributed by atoms with Crippen molar-refractivity contribution in [1.29, 1.82) is 0 Å². The summed E-state index contributed by atoms with van der Waals surface area (Å²) >= 11 is 6.18. The monoisotopic (exact) mass is 412 g/mol. The van der Waals surface area contributed by atoms with Crippen LogP contribution >= 0.6 is 11.6 Å². The minimum atomic E-state index is -0.803. The van der Waals surface area contributed by atoms with Gasteiger partial charge in [-0.1, -0.05) is 35.9 Å². The number of pyridine rings is 1. The maximum absolute atomic E-state index is 14.4. The molecule has 0 N–H and O–H groups in total. The van der Waals surface area contributed by atoms with Gasteiger partial charge in [-0.15, -0.1) is 0 Å². The zero-order valence-corrected chi connectivity index (χ0v) is 17.3. The molecule has 3 aromatic rings. The Hall–Kier alpha value is -2.92. The van der Waals surface area contributed by atoms with Crippen molar-refractivity contribution in [3.05, 3.63) is 88.3 Å². The highest BCUT2D eigenvalue weighted by Gasteiger charge is 2.26. The van der Waals surface area contributed by atoms with Crippen molar-refractivity contribution in [2.45, 2.75) is 33.4 Å². The van der Waals surface area contributed by atoms with Crippen LogP contribution in [0.2, 0.25) is 5.02 Å². The van der Waals surface area contributed by atoms with Crippen LogP contribution in [-0.2, 0) is 11.3 Å². The molecule has 0 aliphatic heterocycles. The van der Waals surface area contributed by atoms with E-state index in [1.54, 1.807) is 37.4 Å². The molecule has 6 heteroatoms. The molecule has 1 atom stereocenters. The van der Waals surface area contributed by atoms with Crippen molar-refractivity contribution in [3.8, 4) is 5.75 Å². The lowest BCUT2D eigenvalue weighted by Gasteiger charge is -2.26. The first kappa shape index (κ1) is 20.8. The molecule has 0 aliphatic carbocycles. The van der Waals surface area contributed by atoms with Crippen LogP contribution in [0.25, 0.3) is 0 Å². The first-order valence-electron chi connectivity index (χ1n) is 9.26. The summed E-state index contributed by atoms with van der Waals surface area (Å²) < 4.78 is 20.3. The summed E-state index contributed by atoms with van der Waals surface area (Å²) in [6.07, 6.45) is 0.775. The molecule has 4 nitrogen and oxygen atoms in total. The van der Waals surface area contributed by atoms with Gasteiger partial charge in [-0.25, -0.2) is 9.37 Å². The number of amides is 1. The van der Waals surface area contributed by atoms with E-state index in [1.807, 2.05) is 32.0 Å². The van der Waals surface area contributed by atoms with E-state index in [9.17, 15) is 9.18 Å². The van der Waals surface area contributed by atoms with Crippen LogP contribution in [0.15, 0.2) is 60.8 Å². The van der Waals surface area contributed by atoms with Crippen molar-refractivity contribution in [2.24, 2.45) is 0 Å². The topological polar surface area (TPSA) is 42.4 Å². The number of carbonyl (C=O) groups is 1. The summed E-state index contributed by atoms with van der Waals surface area (Å²) in [7, 11) is 0. The van der Waals surface area contributed by atoms with Gasteiger partial charge in [0.2, 0.25) is 0 Å². The highest BCUT2D eigenvalue weighted by molar-refractivity contribution is 6.31. The van der Waals surface area contributed by atoms with Gasteiger partial charge in [0.15, 0.2) is 6.10 Å². The number of rotatable bonds is 6. The second-order valence-electron chi connectivity index (χ2n) is 6.77. The Morgan fingerprint density at radius 1 is 1.14 bits per heavy atom. The molecule has 2 aromatic carbocycles. The van der Waals surface area contributed by atoms with Crippen molar-refractivity contribution in [2.75, 3.05) is 4.90 Å². The van der Waals surface area contributed by atoms with Crippen LogP contribution in [0, 0.1) is 19.7 Å². The number of halogens is 2. The van der Waals surface area contributed by atoms with Crippen molar-refractivity contribution < 1.29 is 13.9 Å². The summed E-state index contributed by atoms with van der Waals surface area (Å²) in [6, 6.07) is 15.3. The Kier molecular flexibility index (Phi) is 6.49. The van der Waals surface area contributed by atoms with E-state index < -0.39 is 11.9 Å². The van der Waals surface area contributed by atoms with E-state index in [0.29, 0.717) is 11.6 Å². The SMILES string of the molecule is Cc1cccc(O[C@@H](C)C(=O)N(Cc2c(F)cccc2Cl)c2ccccn2)c1C. The summed E-state index contributed by atoms with van der Waals surface area (Å²) in [5.74, 6) is 0.210. The van der Waals surface area contributed by atoms with E-state index >= 15 is 0 Å². The maximum Gasteiger partial charge on any atom is 0.269 e. The Bertz CT molecular complexity index is 991. The summed E-state index contributed by atoms with van der Waals surface area (Å²) in [5, 5.41) is 0.252. The van der Waals surface area contributed by atoms with Gasteiger partial charge in [-0.2, -0.15) is 0 Å². The number of anilines is 1. The largest absolute Gasteiger partial charge is 0.481 e. The number of benzene rings is 2. The van der Waals surface area contributed by atoms with Gasteiger partial charge in [0, 0.05) is 16.8 Å². The van der Waals surface area contributed by atoms with Gasteiger partial charge >= 0.3 is 0 Å². The van der Waals surface area contributed by atoms with Crippen LogP contribution in [0.5, 0.6) is 5.75 Å².